The lowest BCUT2D eigenvalue weighted by molar-refractivity contribution is 0.410. The van der Waals surface area contributed by atoms with Gasteiger partial charge in [-0.15, -0.1) is 0 Å². The second-order valence-corrected chi connectivity index (χ2v) is 6.20. The average Bonchev–Trinajstić information content (AvgIpc) is 2.45. The zero-order valence-corrected chi connectivity index (χ0v) is 12.2. The summed E-state index contributed by atoms with van der Waals surface area (Å²) >= 11 is 0. The predicted octanol–water partition coefficient (Wildman–Crippen LogP) is 2.06. The second kappa shape index (κ2) is 5.92. The van der Waals surface area contributed by atoms with Crippen LogP contribution in [-0.2, 0) is 16.6 Å². The van der Waals surface area contributed by atoms with Gasteiger partial charge >= 0.3 is 0 Å². The molecule has 5 nitrogen and oxygen atoms in total. The maximum Gasteiger partial charge on any atom is 0.232 e. The molecule has 0 fully saturated rings. The minimum atomic E-state index is -3.40. The van der Waals surface area contributed by atoms with Gasteiger partial charge < -0.3 is 4.74 Å². The zero-order chi connectivity index (χ0) is 14.6. The van der Waals surface area contributed by atoms with Crippen molar-refractivity contribution in [2.45, 2.75) is 6.54 Å². The first-order valence-electron chi connectivity index (χ1n) is 6.02. The maximum atomic E-state index is 12.0. The van der Waals surface area contributed by atoms with Gasteiger partial charge in [-0.3, -0.25) is 9.29 Å². The average molecular weight is 292 g/mol. The van der Waals surface area contributed by atoms with Crippen molar-refractivity contribution >= 4 is 15.7 Å². The van der Waals surface area contributed by atoms with E-state index in [4.69, 9.17) is 4.74 Å². The van der Waals surface area contributed by atoms with Crippen LogP contribution in [0.4, 0.5) is 5.69 Å². The second-order valence-electron chi connectivity index (χ2n) is 4.29. The molecule has 2 rings (SSSR count). The Bertz CT molecular complexity index is 672. The van der Waals surface area contributed by atoms with E-state index in [0.29, 0.717) is 11.4 Å². The first kappa shape index (κ1) is 14.3. The highest BCUT2D eigenvalue weighted by Gasteiger charge is 2.19. The van der Waals surface area contributed by atoms with Crippen LogP contribution in [-0.4, -0.2) is 26.8 Å². The van der Waals surface area contributed by atoms with Crippen molar-refractivity contribution in [2.75, 3.05) is 17.7 Å². The van der Waals surface area contributed by atoms with Crippen LogP contribution in [0.25, 0.3) is 0 Å². The van der Waals surface area contributed by atoms with E-state index in [1.54, 1.807) is 31.5 Å². The number of pyridine rings is 1. The summed E-state index contributed by atoms with van der Waals surface area (Å²) in [7, 11) is -1.84. The number of rotatable bonds is 5. The Hall–Kier alpha value is -2.08. The summed E-state index contributed by atoms with van der Waals surface area (Å²) in [6.07, 6.45) is 4.30. The van der Waals surface area contributed by atoms with Crippen molar-refractivity contribution in [3.63, 3.8) is 0 Å². The smallest absolute Gasteiger partial charge is 0.232 e. The number of anilines is 1. The molecule has 0 N–H and O–H groups in total. The number of ether oxygens (including phenoxy) is 1. The van der Waals surface area contributed by atoms with Gasteiger partial charge in [-0.2, -0.15) is 0 Å². The van der Waals surface area contributed by atoms with Gasteiger partial charge in [0.05, 0.1) is 31.8 Å². The van der Waals surface area contributed by atoms with Gasteiger partial charge in [-0.1, -0.05) is 18.2 Å². The normalized spacial score (nSPS) is 11.1. The van der Waals surface area contributed by atoms with Crippen LogP contribution in [0, 0.1) is 0 Å². The van der Waals surface area contributed by atoms with Gasteiger partial charge in [0.2, 0.25) is 10.0 Å². The molecule has 1 heterocycles. The SMILES string of the molecule is COc1ccccc1CN(c1cccnc1)S(C)(=O)=O. The van der Waals surface area contributed by atoms with Gasteiger partial charge in [0, 0.05) is 11.8 Å². The summed E-state index contributed by atoms with van der Waals surface area (Å²) in [5.41, 5.74) is 1.32. The van der Waals surface area contributed by atoms with Crippen LogP contribution in [0.5, 0.6) is 5.75 Å². The van der Waals surface area contributed by atoms with Gasteiger partial charge in [-0.25, -0.2) is 8.42 Å². The fourth-order valence-corrected chi connectivity index (χ4v) is 2.75. The molecule has 0 aliphatic heterocycles. The first-order valence-corrected chi connectivity index (χ1v) is 7.87. The molecule has 106 valence electrons. The Morgan fingerprint density at radius 3 is 2.55 bits per heavy atom. The number of benzene rings is 1. The van der Waals surface area contributed by atoms with E-state index in [2.05, 4.69) is 4.98 Å². The molecular formula is C14H16N2O3S. The van der Waals surface area contributed by atoms with Crippen molar-refractivity contribution in [1.29, 1.82) is 0 Å². The highest BCUT2D eigenvalue weighted by atomic mass is 32.2. The molecule has 0 aliphatic carbocycles. The first-order chi connectivity index (χ1) is 9.52. The lowest BCUT2D eigenvalue weighted by Gasteiger charge is -2.23. The number of para-hydroxylation sites is 1. The lowest BCUT2D eigenvalue weighted by atomic mass is 10.2. The molecule has 0 spiro atoms. The van der Waals surface area contributed by atoms with Gasteiger partial charge in [-0.05, 0) is 18.2 Å². The molecule has 1 aromatic carbocycles. The molecule has 0 radical (unpaired) electrons. The van der Waals surface area contributed by atoms with Gasteiger partial charge in [0.15, 0.2) is 0 Å². The summed E-state index contributed by atoms with van der Waals surface area (Å²) in [5, 5.41) is 0. The van der Waals surface area contributed by atoms with E-state index < -0.39 is 10.0 Å². The van der Waals surface area contributed by atoms with Crippen LogP contribution < -0.4 is 9.04 Å². The topological polar surface area (TPSA) is 59.5 Å². The molecular weight excluding hydrogens is 276 g/mol. The molecule has 2 aromatic rings. The number of hydrogen-bond acceptors (Lipinski definition) is 4. The summed E-state index contributed by atoms with van der Waals surface area (Å²) in [4.78, 5) is 3.97. The molecule has 6 heteroatoms. The molecule has 20 heavy (non-hydrogen) atoms. The van der Waals surface area contributed by atoms with Crippen molar-refractivity contribution < 1.29 is 13.2 Å². The Morgan fingerprint density at radius 1 is 1.20 bits per heavy atom. The van der Waals surface area contributed by atoms with Crippen LogP contribution in [0.1, 0.15) is 5.56 Å². The summed E-state index contributed by atoms with van der Waals surface area (Å²) < 4.78 is 30.5. The monoisotopic (exact) mass is 292 g/mol. The number of hydrogen-bond donors (Lipinski definition) is 0. The van der Waals surface area contributed by atoms with E-state index in [0.717, 1.165) is 5.56 Å². The minimum absolute atomic E-state index is 0.203. The summed E-state index contributed by atoms with van der Waals surface area (Å²) in [6.45, 7) is 0.203. The van der Waals surface area contributed by atoms with Crippen LogP contribution >= 0.6 is 0 Å². The molecule has 0 aliphatic rings. The predicted molar refractivity (Wildman–Crippen MR) is 78.3 cm³/mol. The minimum Gasteiger partial charge on any atom is -0.496 e. The third-order valence-electron chi connectivity index (χ3n) is 2.84. The molecule has 0 unspecified atom stereocenters. The Labute approximate surface area is 118 Å². The van der Waals surface area contributed by atoms with Crippen molar-refractivity contribution in [1.82, 2.24) is 4.98 Å². The number of sulfonamides is 1. The number of nitrogens with zero attached hydrogens (tertiary/aromatic N) is 2. The van der Waals surface area contributed by atoms with Gasteiger partial charge in [0.1, 0.15) is 5.75 Å². The third kappa shape index (κ3) is 3.27. The fraction of sp³-hybridized carbons (Fsp3) is 0.214. The van der Waals surface area contributed by atoms with E-state index >= 15 is 0 Å². The van der Waals surface area contributed by atoms with Crippen LogP contribution in [0.2, 0.25) is 0 Å². The van der Waals surface area contributed by atoms with Crippen molar-refractivity contribution in [3.8, 4) is 5.75 Å². The van der Waals surface area contributed by atoms with E-state index in [-0.39, 0.29) is 6.54 Å². The molecule has 0 bridgehead atoms. The Morgan fingerprint density at radius 2 is 1.95 bits per heavy atom. The Kier molecular flexibility index (Phi) is 4.24. The summed E-state index contributed by atoms with van der Waals surface area (Å²) in [5.74, 6) is 0.657. The van der Waals surface area contributed by atoms with Crippen molar-refractivity contribution in [3.05, 3.63) is 54.4 Å². The largest absolute Gasteiger partial charge is 0.496 e. The fourth-order valence-electron chi connectivity index (χ4n) is 1.89. The van der Waals surface area contributed by atoms with Crippen molar-refractivity contribution in [2.24, 2.45) is 0 Å². The van der Waals surface area contributed by atoms with E-state index in [1.165, 1.54) is 16.8 Å². The van der Waals surface area contributed by atoms with Crippen LogP contribution in [0.3, 0.4) is 0 Å². The van der Waals surface area contributed by atoms with E-state index in [1.807, 2.05) is 18.2 Å². The van der Waals surface area contributed by atoms with E-state index in [9.17, 15) is 8.42 Å². The number of methoxy groups -OCH3 is 1. The highest BCUT2D eigenvalue weighted by Crippen LogP contribution is 2.24. The van der Waals surface area contributed by atoms with Crippen LogP contribution in [0.15, 0.2) is 48.8 Å². The lowest BCUT2D eigenvalue weighted by Crippen LogP contribution is -2.29. The highest BCUT2D eigenvalue weighted by molar-refractivity contribution is 7.92. The number of aromatic nitrogens is 1. The third-order valence-corrected chi connectivity index (χ3v) is 3.98. The molecule has 0 saturated heterocycles. The quantitative estimate of drug-likeness (QED) is 0.846. The molecule has 0 atom stereocenters. The van der Waals surface area contributed by atoms with Gasteiger partial charge in [0.25, 0.3) is 0 Å². The molecule has 1 aromatic heterocycles. The zero-order valence-electron chi connectivity index (χ0n) is 11.4. The maximum absolute atomic E-state index is 12.0. The molecule has 0 amide bonds. The summed E-state index contributed by atoms with van der Waals surface area (Å²) in [6, 6.07) is 10.8. The molecule has 0 saturated carbocycles. The Balaban J connectivity index is 2.40. The standard InChI is InChI=1S/C14H16N2O3S/c1-19-14-8-4-3-6-12(14)11-16(20(2,17)18)13-7-5-9-15-10-13/h3-10H,11H2,1-2H3.